The van der Waals surface area contributed by atoms with Crippen molar-refractivity contribution in [2.75, 3.05) is 13.1 Å². The summed E-state index contributed by atoms with van der Waals surface area (Å²) in [6.45, 7) is 6.27. The molecule has 0 saturated heterocycles. The molecule has 0 aliphatic heterocycles. The van der Waals surface area contributed by atoms with Gasteiger partial charge in [-0.25, -0.2) is 13.2 Å². The topological polar surface area (TPSA) is 91.4 Å². The van der Waals surface area contributed by atoms with Crippen molar-refractivity contribution < 1.29 is 12.8 Å². The minimum absolute atomic E-state index is 0.117. The highest BCUT2D eigenvalue weighted by Crippen LogP contribution is 2.25. The zero-order chi connectivity index (χ0) is 18.0. The average molecular weight is 348 g/mol. The Morgan fingerprint density at radius 1 is 1.21 bits per heavy atom. The van der Waals surface area contributed by atoms with Gasteiger partial charge in [0.2, 0.25) is 10.0 Å². The molecule has 0 bridgehead atoms. The number of nitriles is 1. The fourth-order valence-electron chi connectivity index (χ4n) is 2.35. The van der Waals surface area contributed by atoms with Gasteiger partial charge in [0.05, 0.1) is 11.0 Å². The molecule has 0 N–H and O–H groups in total. The summed E-state index contributed by atoms with van der Waals surface area (Å²) in [5, 5.41) is 9.34. The molecule has 1 aromatic heterocycles. The van der Waals surface area contributed by atoms with E-state index in [4.69, 9.17) is 9.68 Å². The second-order valence-corrected chi connectivity index (χ2v) is 8.70. The van der Waals surface area contributed by atoms with Crippen molar-refractivity contribution in [3.8, 4) is 6.07 Å². The summed E-state index contributed by atoms with van der Waals surface area (Å²) in [7, 11) is -3.75. The van der Waals surface area contributed by atoms with Crippen LogP contribution >= 0.6 is 0 Å². The van der Waals surface area contributed by atoms with E-state index in [2.05, 4.69) is 0 Å². The molecule has 0 unspecified atom stereocenters. The monoisotopic (exact) mass is 348 g/mol. The summed E-state index contributed by atoms with van der Waals surface area (Å²) >= 11 is 0. The number of sulfonamides is 1. The maximum atomic E-state index is 13.0. The highest BCUT2D eigenvalue weighted by Gasteiger charge is 2.28. The van der Waals surface area contributed by atoms with Gasteiger partial charge >= 0.3 is 5.63 Å². The van der Waals surface area contributed by atoms with Gasteiger partial charge in [0.25, 0.3) is 0 Å². The number of hydrogen-bond acceptors (Lipinski definition) is 5. The van der Waals surface area contributed by atoms with Crippen molar-refractivity contribution in [1.29, 1.82) is 5.26 Å². The van der Waals surface area contributed by atoms with Crippen LogP contribution < -0.4 is 5.63 Å². The van der Waals surface area contributed by atoms with Crippen molar-refractivity contribution in [3.05, 3.63) is 40.8 Å². The zero-order valence-corrected chi connectivity index (χ0v) is 14.8. The summed E-state index contributed by atoms with van der Waals surface area (Å²) in [6.07, 6.45) is 0.123. The number of hydrogen-bond donors (Lipinski definition) is 0. The van der Waals surface area contributed by atoms with Gasteiger partial charge in [-0.15, -0.1) is 0 Å². The molecule has 2 aromatic rings. The van der Waals surface area contributed by atoms with E-state index in [1.807, 2.05) is 26.8 Å². The van der Waals surface area contributed by atoms with Gasteiger partial charge in [0.15, 0.2) is 0 Å². The molecule has 0 spiro atoms. The Kier molecular flexibility index (Phi) is 5.11. The van der Waals surface area contributed by atoms with Crippen LogP contribution in [0, 0.1) is 16.7 Å². The average Bonchev–Trinajstić information content (AvgIpc) is 2.49. The Balaban J connectivity index is 2.47. The third kappa shape index (κ3) is 4.22. The Morgan fingerprint density at radius 3 is 2.54 bits per heavy atom. The van der Waals surface area contributed by atoms with E-state index in [1.165, 1.54) is 34.6 Å². The molecule has 7 heteroatoms. The van der Waals surface area contributed by atoms with Crippen LogP contribution in [-0.4, -0.2) is 25.8 Å². The van der Waals surface area contributed by atoms with Crippen molar-refractivity contribution in [2.45, 2.75) is 32.1 Å². The number of rotatable bonds is 5. The van der Waals surface area contributed by atoms with E-state index in [0.29, 0.717) is 17.5 Å². The number of benzene rings is 1. The fraction of sp³-hybridized carbons (Fsp3) is 0.412. The predicted octanol–water partition coefficient (Wildman–Crippen LogP) is 2.74. The quantitative estimate of drug-likeness (QED) is 0.775. The highest BCUT2D eigenvalue weighted by molar-refractivity contribution is 7.89. The molecular formula is C17H20N2O4S. The minimum atomic E-state index is -3.75. The lowest BCUT2D eigenvalue weighted by Crippen LogP contribution is -2.38. The molecule has 0 aliphatic rings. The molecule has 1 aromatic carbocycles. The molecule has 24 heavy (non-hydrogen) atoms. The maximum absolute atomic E-state index is 13.0. The fourth-order valence-corrected chi connectivity index (χ4v) is 4.05. The van der Waals surface area contributed by atoms with Gasteiger partial charge in [-0.3, -0.25) is 0 Å². The van der Waals surface area contributed by atoms with Gasteiger partial charge in [-0.2, -0.15) is 9.57 Å². The van der Waals surface area contributed by atoms with E-state index >= 15 is 0 Å². The van der Waals surface area contributed by atoms with Gasteiger partial charge < -0.3 is 4.42 Å². The normalized spacial score (nSPS) is 12.5. The second kappa shape index (κ2) is 6.75. The lowest BCUT2D eigenvalue weighted by molar-refractivity contribution is 0.285. The predicted molar refractivity (Wildman–Crippen MR) is 90.9 cm³/mol. The standard InChI is InChI=1S/C17H20N2O4S/c1-17(2,3)12-19(10-4-9-18)24(21,22)14-6-7-15-13(11-14)5-8-16(20)23-15/h5-8,11H,4,10,12H2,1-3H3. The third-order valence-electron chi connectivity index (χ3n) is 3.35. The maximum Gasteiger partial charge on any atom is 0.336 e. The second-order valence-electron chi connectivity index (χ2n) is 6.76. The summed E-state index contributed by atoms with van der Waals surface area (Å²) < 4.78 is 32.3. The van der Waals surface area contributed by atoms with Crippen LogP contribution in [0.3, 0.4) is 0 Å². The summed E-state index contributed by atoms with van der Waals surface area (Å²) in [5.74, 6) is 0. The first-order chi connectivity index (χ1) is 11.1. The van der Waals surface area contributed by atoms with E-state index < -0.39 is 15.6 Å². The summed E-state index contributed by atoms with van der Waals surface area (Å²) in [4.78, 5) is 11.3. The first-order valence-corrected chi connectivity index (χ1v) is 8.98. The molecule has 2 rings (SSSR count). The van der Waals surface area contributed by atoms with Gasteiger partial charge in [0.1, 0.15) is 5.58 Å². The summed E-state index contributed by atoms with van der Waals surface area (Å²) in [5.41, 5.74) is -0.395. The number of nitrogens with zero attached hydrogens (tertiary/aromatic N) is 2. The minimum Gasteiger partial charge on any atom is -0.423 e. The Hall–Kier alpha value is -2.17. The van der Waals surface area contributed by atoms with Gasteiger partial charge in [-0.05, 0) is 29.7 Å². The lowest BCUT2D eigenvalue weighted by Gasteiger charge is -2.28. The SMILES string of the molecule is CC(C)(C)CN(CCC#N)S(=O)(=O)c1ccc2oc(=O)ccc2c1. The van der Waals surface area contributed by atoms with Crippen molar-refractivity contribution in [1.82, 2.24) is 4.31 Å². The first-order valence-electron chi connectivity index (χ1n) is 7.54. The molecule has 0 atom stereocenters. The van der Waals surface area contributed by atoms with Crippen LogP contribution in [0.4, 0.5) is 0 Å². The molecule has 0 aliphatic carbocycles. The van der Waals surface area contributed by atoms with Crippen LogP contribution in [-0.2, 0) is 10.0 Å². The molecule has 128 valence electrons. The Labute approximate surface area is 141 Å². The van der Waals surface area contributed by atoms with E-state index in [1.54, 1.807) is 0 Å². The first kappa shape index (κ1) is 18.2. The smallest absolute Gasteiger partial charge is 0.336 e. The lowest BCUT2D eigenvalue weighted by atomic mass is 9.97. The number of fused-ring (bicyclic) bond motifs is 1. The van der Waals surface area contributed by atoms with Crippen molar-refractivity contribution in [2.24, 2.45) is 5.41 Å². The summed E-state index contributed by atoms with van der Waals surface area (Å²) in [6, 6.07) is 9.15. The van der Waals surface area contributed by atoms with E-state index in [9.17, 15) is 13.2 Å². The van der Waals surface area contributed by atoms with Crippen molar-refractivity contribution in [3.63, 3.8) is 0 Å². The molecule has 0 amide bonds. The zero-order valence-electron chi connectivity index (χ0n) is 13.9. The molecule has 1 heterocycles. The van der Waals surface area contributed by atoms with Crippen molar-refractivity contribution >= 4 is 21.0 Å². The molecule has 0 saturated carbocycles. The van der Waals surface area contributed by atoms with Crippen LogP contribution in [0.5, 0.6) is 0 Å². The van der Waals surface area contributed by atoms with Gasteiger partial charge in [-0.1, -0.05) is 20.8 Å². The Morgan fingerprint density at radius 2 is 1.92 bits per heavy atom. The molecular weight excluding hydrogens is 328 g/mol. The van der Waals surface area contributed by atoms with E-state index in [-0.39, 0.29) is 23.3 Å². The van der Waals surface area contributed by atoms with Crippen LogP contribution in [0.1, 0.15) is 27.2 Å². The van der Waals surface area contributed by atoms with Crippen LogP contribution in [0.25, 0.3) is 11.0 Å². The molecule has 0 fully saturated rings. The van der Waals surface area contributed by atoms with Gasteiger partial charge in [0, 0.05) is 31.0 Å². The van der Waals surface area contributed by atoms with Crippen LogP contribution in [0.2, 0.25) is 0 Å². The largest absolute Gasteiger partial charge is 0.423 e. The Bertz CT molecular complexity index is 933. The molecule has 0 radical (unpaired) electrons. The third-order valence-corrected chi connectivity index (χ3v) is 5.19. The van der Waals surface area contributed by atoms with E-state index in [0.717, 1.165) is 0 Å². The molecule has 6 nitrogen and oxygen atoms in total. The highest BCUT2D eigenvalue weighted by atomic mass is 32.2. The van der Waals surface area contributed by atoms with Crippen LogP contribution in [0.15, 0.2) is 44.4 Å².